The lowest BCUT2D eigenvalue weighted by Crippen LogP contribution is -2.31. The number of methoxy groups -OCH3 is 1. The molecule has 3 N–H and O–H groups in total. The van der Waals surface area contributed by atoms with E-state index in [2.05, 4.69) is 10.3 Å². The molecule has 0 aliphatic carbocycles. The van der Waals surface area contributed by atoms with E-state index in [4.69, 9.17) is 15.2 Å². The van der Waals surface area contributed by atoms with E-state index in [9.17, 15) is 14.0 Å². The Hall–Kier alpha value is -4.66. The lowest BCUT2D eigenvalue weighted by molar-refractivity contribution is 0.0997. The number of nitrogens with one attached hydrogen (secondary N) is 1. The van der Waals surface area contributed by atoms with Crippen LogP contribution in [0, 0.1) is 5.82 Å². The van der Waals surface area contributed by atoms with Gasteiger partial charge < -0.3 is 20.5 Å². The molecule has 0 atom stereocenters. The highest BCUT2D eigenvalue weighted by Gasteiger charge is 2.18. The zero-order valence-corrected chi connectivity index (χ0v) is 18.4. The number of rotatable bonds is 6. The Morgan fingerprint density at radius 1 is 1.00 bits per heavy atom. The third kappa shape index (κ3) is 4.58. The van der Waals surface area contributed by atoms with Crippen molar-refractivity contribution in [3.8, 4) is 17.2 Å². The van der Waals surface area contributed by atoms with Crippen LogP contribution in [0.5, 0.6) is 17.2 Å². The molecule has 0 spiro atoms. The molecule has 0 fully saturated rings. The van der Waals surface area contributed by atoms with E-state index in [1.165, 1.54) is 36.3 Å². The van der Waals surface area contributed by atoms with Crippen LogP contribution in [0.15, 0.2) is 72.9 Å². The van der Waals surface area contributed by atoms with Crippen LogP contribution in [0.3, 0.4) is 0 Å². The Balaban J connectivity index is 1.67. The second-order valence-electron chi connectivity index (χ2n) is 7.31. The normalized spacial score (nSPS) is 10.6. The Bertz CT molecular complexity index is 1380. The number of benzene rings is 3. The first-order valence-corrected chi connectivity index (χ1v) is 10.2. The van der Waals surface area contributed by atoms with Crippen molar-refractivity contribution >= 4 is 34.2 Å². The van der Waals surface area contributed by atoms with E-state index in [0.29, 0.717) is 39.5 Å². The second-order valence-corrected chi connectivity index (χ2v) is 7.31. The monoisotopic (exact) mass is 460 g/mol. The van der Waals surface area contributed by atoms with Gasteiger partial charge in [0.25, 0.3) is 5.91 Å². The summed E-state index contributed by atoms with van der Waals surface area (Å²) in [4.78, 5) is 30.4. The van der Waals surface area contributed by atoms with Gasteiger partial charge in [-0.3, -0.25) is 14.7 Å². The van der Waals surface area contributed by atoms with Gasteiger partial charge in [-0.1, -0.05) is 12.1 Å². The minimum atomic E-state index is -0.647. The molecule has 1 heterocycles. The Labute approximate surface area is 194 Å². The van der Waals surface area contributed by atoms with Crippen molar-refractivity contribution in [2.24, 2.45) is 5.73 Å². The van der Waals surface area contributed by atoms with Crippen LogP contribution >= 0.6 is 0 Å². The molecule has 1 aromatic heterocycles. The molecule has 3 amide bonds. The van der Waals surface area contributed by atoms with Crippen molar-refractivity contribution in [2.45, 2.75) is 0 Å². The number of amides is 3. The molecular formula is C25H21FN4O4. The summed E-state index contributed by atoms with van der Waals surface area (Å²) in [6, 6.07) is 16.8. The van der Waals surface area contributed by atoms with Crippen LogP contribution in [0.4, 0.5) is 20.6 Å². The molecule has 0 saturated heterocycles. The molecule has 0 radical (unpaired) electrons. The summed E-state index contributed by atoms with van der Waals surface area (Å²) in [5.41, 5.74) is 7.16. The van der Waals surface area contributed by atoms with Crippen molar-refractivity contribution < 1.29 is 23.5 Å². The second kappa shape index (κ2) is 9.45. The average Bonchev–Trinajstić information content (AvgIpc) is 2.84. The van der Waals surface area contributed by atoms with E-state index >= 15 is 0 Å². The van der Waals surface area contributed by atoms with Gasteiger partial charge in [-0.2, -0.15) is 0 Å². The van der Waals surface area contributed by atoms with Gasteiger partial charge in [0, 0.05) is 30.4 Å². The van der Waals surface area contributed by atoms with Crippen molar-refractivity contribution in [3.63, 3.8) is 0 Å². The number of fused-ring (bicyclic) bond motifs is 1. The van der Waals surface area contributed by atoms with Crippen LogP contribution in [-0.2, 0) is 0 Å². The quantitative estimate of drug-likeness (QED) is 0.424. The summed E-state index contributed by atoms with van der Waals surface area (Å²) in [5, 5.41) is 3.26. The number of urea groups is 1. The number of aromatic nitrogens is 1. The van der Waals surface area contributed by atoms with Crippen LogP contribution in [0.1, 0.15) is 10.4 Å². The molecule has 0 aliphatic rings. The minimum absolute atomic E-state index is 0.192. The zero-order valence-electron chi connectivity index (χ0n) is 18.4. The molecule has 4 rings (SSSR count). The number of ether oxygens (including phenoxy) is 2. The number of hydrogen-bond acceptors (Lipinski definition) is 5. The van der Waals surface area contributed by atoms with Gasteiger partial charge in [-0.05, 0) is 48.5 Å². The number of nitrogens with zero attached hydrogens (tertiary/aromatic N) is 2. The van der Waals surface area contributed by atoms with E-state index in [1.54, 1.807) is 55.7 Å². The fourth-order valence-electron chi connectivity index (χ4n) is 3.39. The molecule has 172 valence electrons. The first-order chi connectivity index (χ1) is 16.4. The number of anilines is 2. The topological polar surface area (TPSA) is 107 Å². The van der Waals surface area contributed by atoms with Crippen molar-refractivity contribution in [1.29, 1.82) is 0 Å². The van der Waals surface area contributed by atoms with E-state index < -0.39 is 17.8 Å². The highest BCUT2D eigenvalue weighted by atomic mass is 19.1. The zero-order chi connectivity index (χ0) is 24.2. The summed E-state index contributed by atoms with van der Waals surface area (Å²) in [6.45, 7) is 0. The predicted octanol–water partition coefficient (Wildman–Crippen LogP) is 4.94. The average molecular weight is 460 g/mol. The molecule has 4 aromatic rings. The highest BCUT2D eigenvalue weighted by molar-refractivity contribution is 6.03. The fourth-order valence-corrected chi connectivity index (χ4v) is 3.39. The van der Waals surface area contributed by atoms with Crippen LogP contribution in [0.25, 0.3) is 10.9 Å². The van der Waals surface area contributed by atoms with E-state index in [1.807, 2.05) is 0 Å². The summed E-state index contributed by atoms with van der Waals surface area (Å²) in [6.07, 6.45) is 1.56. The smallest absolute Gasteiger partial charge is 0.326 e. The van der Waals surface area contributed by atoms with Gasteiger partial charge in [0.1, 0.15) is 17.3 Å². The van der Waals surface area contributed by atoms with E-state index in [0.717, 1.165) is 0 Å². The summed E-state index contributed by atoms with van der Waals surface area (Å²) >= 11 is 0. The van der Waals surface area contributed by atoms with Gasteiger partial charge in [-0.15, -0.1) is 0 Å². The first-order valence-electron chi connectivity index (χ1n) is 10.2. The molecule has 9 heteroatoms. The number of nitrogens with two attached hydrogens (primary N) is 1. The Kier molecular flexibility index (Phi) is 6.26. The summed E-state index contributed by atoms with van der Waals surface area (Å²) in [5.74, 6) is 0.0679. The Morgan fingerprint density at radius 2 is 1.74 bits per heavy atom. The molecule has 3 aromatic carbocycles. The maximum atomic E-state index is 13.2. The minimum Gasteiger partial charge on any atom is -0.496 e. The van der Waals surface area contributed by atoms with Crippen LogP contribution < -0.4 is 25.4 Å². The van der Waals surface area contributed by atoms with E-state index in [-0.39, 0.29) is 5.56 Å². The number of primary amides is 1. The number of halogens is 1. The molecule has 0 aliphatic heterocycles. The van der Waals surface area contributed by atoms with Crippen LogP contribution in [0.2, 0.25) is 0 Å². The lowest BCUT2D eigenvalue weighted by Gasteiger charge is -2.21. The molecule has 0 unspecified atom stereocenters. The molecule has 8 nitrogen and oxygen atoms in total. The van der Waals surface area contributed by atoms with Gasteiger partial charge in [0.15, 0.2) is 5.75 Å². The van der Waals surface area contributed by atoms with Gasteiger partial charge in [0.05, 0.1) is 23.9 Å². The molecule has 0 bridgehead atoms. The molecule has 34 heavy (non-hydrogen) atoms. The predicted molar refractivity (Wildman–Crippen MR) is 127 cm³/mol. The van der Waals surface area contributed by atoms with Crippen molar-refractivity contribution in [3.05, 3.63) is 84.3 Å². The van der Waals surface area contributed by atoms with Gasteiger partial charge in [0.2, 0.25) is 0 Å². The summed E-state index contributed by atoms with van der Waals surface area (Å²) in [7, 11) is 3.03. The molecule has 0 saturated carbocycles. The fraction of sp³-hybridized carbons (Fsp3) is 0.0800. The maximum absolute atomic E-state index is 13.2. The number of carbonyl (C=O) groups excluding carboxylic acids is 2. The molecular weight excluding hydrogens is 439 g/mol. The number of pyridine rings is 1. The van der Waals surface area contributed by atoms with Gasteiger partial charge in [-0.25, -0.2) is 9.18 Å². The Morgan fingerprint density at radius 3 is 2.44 bits per heavy atom. The van der Waals surface area contributed by atoms with Gasteiger partial charge >= 0.3 is 6.03 Å². The SMILES string of the molecule is COc1cc2nccc(Oc3ccccc3N(C)C(=O)Nc3ccc(F)cc3)c2cc1C(N)=O. The first kappa shape index (κ1) is 22.5. The standard InChI is InChI=1S/C25H21FN4O4/c1-30(25(32)29-16-9-7-15(26)8-10-16)20-5-3-4-6-22(20)34-21-11-12-28-19-14-23(33-2)18(24(27)31)13-17(19)21/h3-14H,1-2H3,(H2,27,31)(H,29,32). The number of carbonyl (C=O) groups is 2. The third-order valence-electron chi connectivity index (χ3n) is 5.13. The summed E-state index contributed by atoms with van der Waals surface area (Å²) < 4.78 is 24.6. The van der Waals surface area contributed by atoms with Crippen LogP contribution in [-0.4, -0.2) is 31.1 Å². The largest absolute Gasteiger partial charge is 0.496 e. The third-order valence-corrected chi connectivity index (χ3v) is 5.13. The maximum Gasteiger partial charge on any atom is 0.326 e. The van der Waals surface area contributed by atoms with Crippen molar-refractivity contribution in [2.75, 3.05) is 24.4 Å². The number of hydrogen-bond donors (Lipinski definition) is 2. The number of para-hydroxylation sites is 2. The van der Waals surface area contributed by atoms with Crippen molar-refractivity contribution in [1.82, 2.24) is 4.98 Å². The highest BCUT2D eigenvalue weighted by Crippen LogP contribution is 2.36. The lowest BCUT2D eigenvalue weighted by atomic mass is 10.1.